The number of hydrogen-bond acceptors (Lipinski definition) is 7. The normalized spacial score (nSPS) is 11.5. The van der Waals surface area contributed by atoms with Gasteiger partial charge in [-0.05, 0) is 64.5 Å². The van der Waals surface area contributed by atoms with E-state index in [9.17, 15) is 14.4 Å². The first-order valence-electron chi connectivity index (χ1n) is 11.7. The zero-order valence-corrected chi connectivity index (χ0v) is 21.5. The highest BCUT2D eigenvalue weighted by Gasteiger charge is 2.21. The highest BCUT2D eigenvalue weighted by Crippen LogP contribution is 2.20. The summed E-state index contributed by atoms with van der Waals surface area (Å²) in [5.74, 6) is -0.891. The zero-order chi connectivity index (χ0) is 27.6. The Bertz CT molecular complexity index is 1460. The van der Waals surface area contributed by atoms with Crippen LogP contribution >= 0.6 is 11.6 Å². The Kier molecular flexibility index (Phi) is 8.99. The number of nitrogens with zero attached hydrogens (tertiary/aromatic N) is 4. The van der Waals surface area contributed by atoms with Crippen LogP contribution in [0.2, 0.25) is 5.02 Å². The number of tetrazole rings is 1. The van der Waals surface area contributed by atoms with Gasteiger partial charge in [0.15, 0.2) is 0 Å². The number of rotatable bonds is 9. The molecule has 0 aliphatic rings. The maximum Gasteiger partial charge on any atom is 0.411 e. The molecule has 3 aromatic carbocycles. The first-order valence-corrected chi connectivity index (χ1v) is 12.1. The molecule has 0 saturated heterocycles. The summed E-state index contributed by atoms with van der Waals surface area (Å²) in [6, 6.07) is 20.1. The maximum atomic E-state index is 13.2. The van der Waals surface area contributed by atoms with Gasteiger partial charge in [-0.1, -0.05) is 41.9 Å². The molecule has 0 unspecified atom stereocenters. The van der Waals surface area contributed by atoms with Crippen molar-refractivity contribution >= 4 is 47.0 Å². The number of aromatic nitrogens is 4. The Morgan fingerprint density at radius 2 is 1.72 bits per heavy atom. The molecule has 4 aromatic rings. The number of carbonyl (C=O) groups excluding carboxylic acids is 3. The smallest absolute Gasteiger partial charge is 0.411 e. The molecule has 11 nitrogen and oxygen atoms in total. The molecule has 0 spiro atoms. The molecule has 39 heavy (non-hydrogen) atoms. The van der Waals surface area contributed by atoms with E-state index in [0.717, 1.165) is 5.56 Å². The Morgan fingerprint density at radius 1 is 1.00 bits per heavy atom. The van der Waals surface area contributed by atoms with Crippen LogP contribution in [0, 0.1) is 0 Å². The molecule has 0 fully saturated rings. The van der Waals surface area contributed by atoms with E-state index < -0.39 is 23.9 Å². The van der Waals surface area contributed by atoms with Crippen molar-refractivity contribution in [1.82, 2.24) is 25.5 Å². The molecule has 1 atom stereocenters. The lowest BCUT2D eigenvalue weighted by molar-refractivity contribution is -0.123. The van der Waals surface area contributed by atoms with Crippen molar-refractivity contribution in [3.8, 4) is 5.69 Å². The fourth-order valence-electron chi connectivity index (χ4n) is 3.62. The van der Waals surface area contributed by atoms with Crippen molar-refractivity contribution in [3.05, 3.63) is 101 Å². The van der Waals surface area contributed by atoms with E-state index in [0.29, 0.717) is 27.6 Å². The van der Waals surface area contributed by atoms with Crippen molar-refractivity contribution in [2.24, 2.45) is 0 Å². The Balaban J connectivity index is 1.49. The lowest BCUT2D eigenvalue weighted by Gasteiger charge is -2.18. The summed E-state index contributed by atoms with van der Waals surface area (Å²) >= 11 is 6.15. The third kappa shape index (κ3) is 7.73. The van der Waals surface area contributed by atoms with Gasteiger partial charge in [-0.2, -0.15) is 4.68 Å². The summed E-state index contributed by atoms with van der Waals surface area (Å²) in [5, 5.41) is 19.8. The lowest BCUT2D eigenvalue weighted by Crippen LogP contribution is -2.44. The second-order valence-electron chi connectivity index (χ2n) is 8.22. The van der Waals surface area contributed by atoms with Gasteiger partial charge in [-0.15, -0.1) is 5.10 Å². The topological polar surface area (TPSA) is 140 Å². The van der Waals surface area contributed by atoms with Crippen molar-refractivity contribution < 1.29 is 19.1 Å². The van der Waals surface area contributed by atoms with Crippen LogP contribution in [0.15, 0.2) is 85.2 Å². The van der Waals surface area contributed by atoms with Crippen LogP contribution in [0.25, 0.3) is 11.8 Å². The van der Waals surface area contributed by atoms with Gasteiger partial charge in [0.25, 0.3) is 0 Å². The summed E-state index contributed by atoms with van der Waals surface area (Å²) in [4.78, 5) is 37.5. The molecule has 1 aromatic heterocycles. The van der Waals surface area contributed by atoms with Crippen LogP contribution in [0.5, 0.6) is 0 Å². The molecule has 0 bridgehead atoms. The molecule has 4 rings (SSSR count). The maximum absolute atomic E-state index is 13.2. The third-order valence-electron chi connectivity index (χ3n) is 5.50. The van der Waals surface area contributed by atoms with Crippen LogP contribution in [0.1, 0.15) is 11.1 Å². The first-order chi connectivity index (χ1) is 18.9. The second-order valence-corrected chi connectivity index (χ2v) is 8.66. The predicted molar refractivity (Wildman–Crippen MR) is 146 cm³/mol. The summed E-state index contributed by atoms with van der Waals surface area (Å²) in [5.41, 5.74) is 3.09. The quantitative estimate of drug-likeness (QED) is 0.271. The van der Waals surface area contributed by atoms with E-state index in [2.05, 4.69) is 36.2 Å². The number of nitrogens with one attached hydrogen (secondary N) is 3. The summed E-state index contributed by atoms with van der Waals surface area (Å²) in [7, 11) is 1.27. The molecular weight excluding hydrogens is 522 g/mol. The Hall–Kier alpha value is -5.03. The predicted octanol–water partition coefficient (Wildman–Crippen LogP) is 3.87. The van der Waals surface area contributed by atoms with Gasteiger partial charge in [0, 0.05) is 34.5 Å². The fraction of sp³-hybridized carbons (Fsp3) is 0.111. The number of halogens is 1. The SMILES string of the molecule is COC(=O)Nc1ccc(NC(=O)[C@@H](Cc2ccccc2)NC(=O)/C=C/c2cc(Cl)ccc2-n2cnnn2)cc1. The molecule has 1 heterocycles. The standard InChI is InChI=1S/C27H24ClN7O4/c1-39-27(38)31-22-11-9-21(10-12-22)30-26(37)23(15-18-5-3-2-4-6-18)32-25(36)14-7-19-16-20(28)8-13-24(19)35-17-29-33-34-35/h2-14,16-17,23H,15H2,1H3,(H,30,37)(H,31,38)(H,32,36)/b14-7+/t23-/m1/s1. The third-order valence-corrected chi connectivity index (χ3v) is 5.73. The molecule has 3 N–H and O–H groups in total. The van der Waals surface area contributed by atoms with Gasteiger partial charge in [-0.25, -0.2) is 4.79 Å². The minimum Gasteiger partial charge on any atom is -0.453 e. The fourth-order valence-corrected chi connectivity index (χ4v) is 3.80. The molecule has 0 saturated carbocycles. The van der Waals surface area contributed by atoms with Crippen LogP contribution in [0.4, 0.5) is 16.2 Å². The van der Waals surface area contributed by atoms with Gasteiger partial charge in [-0.3, -0.25) is 14.9 Å². The molecule has 12 heteroatoms. The van der Waals surface area contributed by atoms with E-state index >= 15 is 0 Å². The van der Waals surface area contributed by atoms with Crippen LogP contribution in [0.3, 0.4) is 0 Å². The van der Waals surface area contributed by atoms with E-state index in [-0.39, 0.29) is 6.42 Å². The Morgan fingerprint density at radius 3 is 2.38 bits per heavy atom. The highest BCUT2D eigenvalue weighted by atomic mass is 35.5. The van der Waals surface area contributed by atoms with E-state index in [4.69, 9.17) is 11.6 Å². The average molecular weight is 546 g/mol. The minimum absolute atomic E-state index is 0.265. The lowest BCUT2D eigenvalue weighted by atomic mass is 10.0. The van der Waals surface area contributed by atoms with Gasteiger partial charge in [0.2, 0.25) is 11.8 Å². The first kappa shape index (κ1) is 27.0. The molecule has 198 valence electrons. The summed E-state index contributed by atoms with van der Waals surface area (Å²) < 4.78 is 6.02. The van der Waals surface area contributed by atoms with Crippen molar-refractivity contribution in [2.45, 2.75) is 12.5 Å². The van der Waals surface area contributed by atoms with Crippen LogP contribution < -0.4 is 16.0 Å². The monoisotopic (exact) mass is 545 g/mol. The molecule has 3 amide bonds. The minimum atomic E-state index is -0.879. The number of benzene rings is 3. The molecule has 0 aliphatic heterocycles. The van der Waals surface area contributed by atoms with Crippen molar-refractivity contribution in [1.29, 1.82) is 0 Å². The molecule has 0 aliphatic carbocycles. The second kappa shape index (κ2) is 13.0. The van der Waals surface area contributed by atoms with Crippen molar-refractivity contribution in [2.75, 3.05) is 17.7 Å². The van der Waals surface area contributed by atoms with Gasteiger partial charge in [0.05, 0.1) is 12.8 Å². The average Bonchev–Trinajstić information content (AvgIpc) is 3.48. The molecular formula is C27H24ClN7O4. The number of amides is 3. The largest absolute Gasteiger partial charge is 0.453 e. The number of methoxy groups -OCH3 is 1. The number of ether oxygens (including phenoxy) is 1. The van der Waals surface area contributed by atoms with Crippen molar-refractivity contribution in [3.63, 3.8) is 0 Å². The van der Waals surface area contributed by atoms with Gasteiger partial charge >= 0.3 is 6.09 Å². The van der Waals surface area contributed by atoms with Gasteiger partial charge < -0.3 is 15.4 Å². The molecule has 0 radical (unpaired) electrons. The Labute approximate surface area is 228 Å². The van der Waals surface area contributed by atoms with Crippen LogP contribution in [-0.2, 0) is 20.7 Å². The number of hydrogen-bond donors (Lipinski definition) is 3. The zero-order valence-electron chi connectivity index (χ0n) is 20.7. The van der Waals surface area contributed by atoms with Gasteiger partial charge in [0.1, 0.15) is 12.4 Å². The van der Waals surface area contributed by atoms with E-state index in [1.54, 1.807) is 48.5 Å². The highest BCUT2D eigenvalue weighted by molar-refractivity contribution is 6.30. The van der Waals surface area contributed by atoms with E-state index in [1.165, 1.54) is 24.2 Å². The summed E-state index contributed by atoms with van der Waals surface area (Å²) in [6.45, 7) is 0. The number of anilines is 2. The number of carbonyl (C=O) groups is 3. The summed E-state index contributed by atoms with van der Waals surface area (Å²) in [6.07, 6.45) is 3.98. The van der Waals surface area contributed by atoms with E-state index in [1.807, 2.05) is 30.3 Å². The van der Waals surface area contributed by atoms with Crippen LogP contribution in [-0.4, -0.2) is 51.3 Å².